The molecule has 0 saturated carbocycles. The largest absolute Gasteiger partial charge is 0.379 e. The molecular formula is C16H27N3O. The fourth-order valence-electron chi connectivity index (χ4n) is 2.48. The zero-order valence-corrected chi connectivity index (χ0v) is 12.6. The molecule has 2 aliphatic rings. The van der Waals surface area contributed by atoms with Crippen LogP contribution < -0.4 is 10.2 Å². The van der Waals surface area contributed by atoms with Gasteiger partial charge in [0.2, 0.25) is 0 Å². The van der Waals surface area contributed by atoms with E-state index in [2.05, 4.69) is 34.3 Å². The summed E-state index contributed by atoms with van der Waals surface area (Å²) in [6, 6.07) is 4.35. The van der Waals surface area contributed by atoms with Crippen molar-refractivity contribution in [3.05, 3.63) is 24.0 Å². The molecule has 0 unspecified atom stereocenters. The molecule has 4 nitrogen and oxygen atoms in total. The molecule has 4 heteroatoms. The summed E-state index contributed by atoms with van der Waals surface area (Å²) in [5.41, 5.74) is 2.48. The van der Waals surface area contributed by atoms with Crippen LogP contribution in [0.1, 0.15) is 31.9 Å². The maximum Gasteiger partial charge on any atom is 0.0591 e. The Bertz CT molecular complexity index is 345. The predicted octanol–water partition coefficient (Wildman–Crippen LogP) is 2.24. The second-order valence-electron chi connectivity index (χ2n) is 5.27. The first-order valence-corrected chi connectivity index (χ1v) is 7.88. The lowest BCUT2D eigenvalue weighted by Crippen LogP contribution is -2.30. The van der Waals surface area contributed by atoms with E-state index in [0.29, 0.717) is 0 Å². The van der Waals surface area contributed by atoms with Gasteiger partial charge in [0, 0.05) is 31.9 Å². The van der Waals surface area contributed by atoms with E-state index < -0.39 is 0 Å². The number of aryl methyl sites for hydroxylation is 1. The first-order valence-electron chi connectivity index (χ1n) is 7.88. The lowest BCUT2D eigenvalue weighted by molar-refractivity contribution is 0.109. The zero-order valence-electron chi connectivity index (χ0n) is 12.6. The Kier molecular flexibility index (Phi) is 6.81. The SMILES string of the molecule is C1COCCN1.CCc1ccc(N2CCCCC2)cn1. The Hall–Kier alpha value is -1.13. The highest BCUT2D eigenvalue weighted by Crippen LogP contribution is 2.18. The van der Waals surface area contributed by atoms with Gasteiger partial charge in [0.05, 0.1) is 25.1 Å². The van der Waals surface area contributed by atoms with Gasteiger partial charge in [-0.3, -0.25) is 4.98 Å². The third-order valence-electron chi connectivity index (χ3n) is 3.74. The lowest BCUT2D eigenvalue weighted by Gasteiger charge is -2.28. The number of ether oxygens (including phenoxy) is 1. The van der Waals surface area contributed by atoms with Crippen molar-refractivity contribution in [2.45, 2.75) is 32.6 Å². The second kappa shape index (κ2) is 8.93. The van der Waals surface area contributed by atoms with Crippen LogP contribution in [-0.2, 0) is 11.2 Å². The molecule has 0 aliphatic carbocycles. The Labute approximate surface area is 122 Å². The van der Waals surface area contributed by atoms with Crippen molar-refractivity contribution >= 4 is 5.69 Å². The maximum atomic E-state index is 5.01. The Balaban J connectivity index is 0.000000205. The van der Waals surface area contributed by atoms with E-state index in [4.69, 9.17) is 4.74 Å². The van der Waals surface area contributed by atoms with Gasteiger partial charge in [0.1, 0.15) is 0 Å². The predicted molar refractivity (Wildman–Crippen MR) is 83.4 cm³/mol. The number of nitrogens with zero attached hydrogens (tertiary/aromatic N) is 2. The van der Waals surface area contributed by atoms with E-state index in [0.717, 1.165) is 32.7 Å². The van der Waals surface area contributed by atoms with Crippen LogP contribution in [0, 0.1) is 0 Å². The summed E-state index contributed by atoms with van der Waals surface area (Å²) < 4.78 is 5.01. The third kappa shape index (κ3) is 5.10. The minimum atomic E-state index is 0.889. The molecule has 3 rings (SSSR count). The normalized spacial score (nSPS) is 19.1. The van der Waals surface area contributed by atoms with Crippen LogP contribution in [0.3, 0.4) is 0 Å². The standard InChI is InChI=1S/C12H18N2.C4H9NO/c1-2-11-6-7-12(10-13-11)14-8-4-3-5-9-14;1-3-6-4-2-5-1/h6-7,10H,2-5,8-9H2,1H3;5H,1-4H2. The lowest BCUT2D eigenvalue weighted by atomic mass is 10.1. The average molecular weight is 277 g/mol. The molecule has 112 valence electrons. The molecule has 0 amide bonds. The van der Waals surface area contributed by atoms with E-state index in [1.54, 1.807) is 0 Å². The molecule has 0 spiro atoms. The number of hydrogen-bond acceptors (Lipinski definition) is 4. The number of pyridine rings is 1. The summed E-state index contributed by atoms with van der Waals surface area (Å²) in [6.45, 7) is 8.38. The molecule has 0 atom stereocenters. The molecule has 2 saturated heterocycles. The number of nitrogens with one attached hydrogen (secondary N) is 1. The summed E-state index contributed by atoms with van der Waals surface area (Å²) in [4.78, 5) is 6.87. The number of morpholine rings is 1. The minimum Gasteiger partial charge on any atom is -0.379 e. The second-order valence-corrected chi connectivity index (χ2v) is 5.27. The van der Waals surface area contributed by atoms with Gasteiger partial charge in [0.25, 0.3) is 0 Å². The van der Waals surface area contributed by atoms with Gasteiger partial charge in [-0.2, -0.15) is 0 Å². The molecule has 1 aromatic heterocycles. The first kappa shape index (κ1) is 15.3. The van der Waals surface area contributed by atoms with Crippen LogP contribution >= 0.6 is 0 Å². The van der Waals surface area contributed by atoms with E-state index in [1.807, 2.05) is 6.20 Å². The molecule has 0 aromatic carbocycles. The number of piperidine rings is 1. The van der Waals surface area contributed by atoms with Crippen molar-refractivity contribution in [2.75, 3.05) is 44.3 Å². The summed E-state index contributed by atoms with van der Waals surface area (Å²) >= 11 is 0. The number of aromatic nitrogens is 1. The minimum absolute atomic E-state index is 0.889. The molecule has 3 heterocycles. The fourth-order valence-corrected chi connectivity index (χ4v) is 2.48. The molecule has 1 N–H and O–H groups in total. The Morgan fingerprint density at radius 1 is 1.15 bits per heavy atom. The molecular weight excluding hydrogens is 250 g/mol. The molecule has 20 heavy (non-hydrogen) atoms. The first-order chi connectivity index (χ1) is 9.90. The van der Waals surface area contributed by atoms with Gasteiger partial charge in [-0.25, -0.2) is 0 Å². The molecule has 1 aromatic rings. The van der Waals surface area contributed by atoms with E-state index >= 15 is 0 Å². The van der Waals surface area contributed by atoms with Crippen LogP contribution in [0.25, 0.3) is 0 Å². The van der Waals surface area contributed by atoms with Crippen molar-refractivity contribution in [2.24, 2.45) is 0 Å². The highest BCUT2D eigenvalue weighted by Gasteiger charge is 2.10. The van der Waals surface area contributed by atoms with Gasteiger partial charge in [-0.05, 0) is 37.8 Å². The summed E-state index contributed by atoms with van der Waals surface area (Å²) in [5, 5.41) is 3.16. The van der Waals surface area contributed by atoms with Gasteiger partial charge in [0.15, 0.2) is 0 Å². The molecule has 0 radical (unpaired) electrons. The van der Waals surface area contributed by atoms with Gasteiger partial charge in [-0.15, -0.1) is 0 Å². The number of rotatable bonds is 2. The van der Waals surface area contributed by atoms with Gasteiger partial charge < -0.3 is 15.0 Å². The monoisotopic (exact) mass is 277 g/mol. The Morgan fingerprint density at radius 3 is 2.35 bits per heavy atom. The molecule has 2 aliphatic heterocycles. The topological polar surface area (TPSA) is 37.4 Å². The van der Waals surface area contributed by atoms with E-state index in [9.17, 15) is 0 Å². The van der Waals surface area contributed by atoms with Crippen molar-refractivity contribution in [1.29, 1.82) is 0 Å². The van der Waals surface area contributed by atoms with Crippen LogP contribution in [0.5, 0.6) is 0 Å². The zero-order chi connectivity index (χ0) is 14.0. The Morgan fingerprint density at radius 2 is 1.90 bits per heavy atom. The average Bonchev–Trinajstić information content (AvgIpc) is 2.58. The van der Waals surface area contributed by atoms with E-state index in [-0.39, 0.29) is 0 Å². The molecule has 0 bridgehead atoms. The van der Waals surface area contributed by atoms with Gasteiger partial charge >= 0.3 is 0 Å². The van der Waals surface area contributed by atoms with Crippen molar-refractivity contribution in [1.82, 2.24) is 10.3 Å². The molecule has 2 fully saturated rings. The van der Waals surface area contributed by atoms with Crippen LogP contribution in [0.2, 0.25) is 0 Å². The highest BCUT2D eigenvalue weighted by atomic mass is 16.5. The summed E-state index contributed by atoms with van der Waals surface area (Å²) in [7, 11) is 0. The van der Waals surface area contributed by atoms with Crippen LogP contribution in [0.4, 0.5) is 5.69 Å². The van der Waals surface area contributed by atoms with Gasteiger partial charge in [-0.1, -0.05) is 6.92 Å². The highest BCUT2D eigenvalue weighted by molar-refractivity contribution is 5.44. The third-order valence-corrected chi connectivity index (χ3v) is 3.74. The maximum absolute atomic E-state index is 5.01. The van der Waals surface area contributed by atoms with E-state index in [1.165, 1.54) is 43.7 Å². The van der Waals surface area contributed by atoms with Crippen LogP contribution in [-0.4, -0.2) is 44.4 Å². The van der Waals surface area contributed by atoms with Crippen molar-refractivity contribution < 1.29 is 4.74 Å². The number of hydrogen-bond donors (Lipinski definition) is 1. The van der Waals surface area contributed by atoms with Crippen molar-refractivity contribution in [3.8, 4) is 0 Å². The smallest absolute Gasteiger partial charge is 0.0591 e. The van der Waals surface area contributed by atoms with Crippen molar-refractivity contribution in [3.63, 3.8) is 0 Å². The summed E-state index contributed by atoms with van der Waals surface area (Å²) in [5.74, 6) is 0. The quantitative estimate of drug-likeness (QED) is 0.899. The van der Waals surface area contributed by atoms with Crippen LogP contribution in [0.15, 0.2) is 18.3 Å². The number of anilines is 1. The fraction of sp³-hybridized carbons (Fsp3) is 0.688. The summed E-state index contributed by atoms with van der Waals surface area (Å²) in [6.07, 6.45) is 7.09.